The molecule has 0 bridgehead atoms. The standard InChI is InChI=1S/C27H21O.Zr/c1-18-15-22-16-23(26-14-13-25(28-26)20-9-5-3-6-10-20)17-24(22)27(19(18)2)21-11-7-4-8-12-21;/h3-17H,1-2H3;. The van der Waals surface area contributed by atoms with E-state index in [4.69, 9.17) is 4.42 Å². The number of aryl methyl sites for hydroxylation is 1. The Kier molecular flexibility index (Phi) is 5.57. The molecule has 4 aromatic rings. The third-order valence-electron chi connectivity index (χ3n) is 5.54. The van der Waals surface area contributed by atoms with Crippen molar-refractivity contribution >= 4 is 11.6 Å². The number of allylic oxidation sites excluding steroid dienone is 1. The van der Waals surface area contributed by atoms with Crippen molar-refractivity contribution < 1.29 is 30.6 Å². The van der Waals surface area contributed by atoms with Crippen LogP contribution in [0.2, 0.25) is 0 Å². The van der Waals surface area contributed by atoms with E-state index in [1.165, 1.54) is 33.4 Å². The molecule has 0 saturated heterocycles. The Bertz CT molecular complexity index is 1180. The van der Waals surface area contributed by atoms with Crippen molar-refractivity contribution in [3.8, 4) is 22.5 Å². The Morgan fingerprint density at radius 3 is 2.00 bits per heavy atom. The summed E-state index contributed by atoms with van der Waals surface area (Å²) in [5.74, 6) is 1.81. The van der Waals surface area contributed by atoms with Crippen LogP contribution in [0.15, 0.2) is 83.3 Å². The third kappa shape index (κ3) is 3.63. The first-order valence-corrected chi connectivity index (χ1v) is 9.62. The van der Waals surface area contributed by atoms with Crippen molar-refractivity contribution in [2.75, 3.05) is 0 Å². The molecule has 2 heteroatoms. The molecule has 1 aliphatic rings. The molecule has 1 radical (unpaired) electrons. The third-order valence-corrected chi connectivity index (χ3v) is 5.54. The Morgan fingerprint density at radius 1 is 0.690 bits per heavy atom. The number of hydrogen-bond acceptors (Lipinski definition) is 1. The van der Waals surface area contributed by atoms with Gasteiger partial charge in [0.25, 0.3) is 0 Å². The first-order valence-electron chi connectivity index (χ1n) is 9.62. The number of hydrogen-bond donors (Lipinski definition) is 0. The van der Waals surface area contributed by atoms with E-state index in [0.29, 0.717) is 0 Å². The fourth-order valence-electron chi connectivity index (χ4n) is 3.97. The van der Waals surface area contributed by atoms with Gasteiger partial charge in [-0.1, -0.05) is 66.7 Å². The Labute approximate surface area is 191 Å². The van der Waals surface area contributed by atoms with Crippen LogP contribution in [0.3, 0.4) is 0 Å². The number of benzene rings is 3. The predicted molar refractivity (Wildman–Crippen MR) is 117 cm³/mol. The molecular weight excluding hydrogens is 432 g/mol. The maximum absolute atomic E-state index is 6.19. The minimum absolute atomic E-state index is 0. The Morgan fingerprint density at radius 2 is 1.31 bits per heavy atom. The number of fused-ring (bicyclic) bond motifs is 1. The molecule has 0 N–H and O–H groups in total. The van der Waals surface area contributed by atoms with E-state index in [1.54, 1.807) is 0 Å². The summed E-state index contributed by atoms with van der Waals surface area (Å²) in [6.07, 6.45) is 4.50. The SMILES string of the molecule is Cc1cc2c(c(-c3ccccc3)c1C)C=C(c1ccc(-c3ccccc3)o1)[CH]2.[Zr]. The predicted octanol–water partition coefficient (Wildman–Crippen LogP) is 7.33. The van der Waals surface area contributed by atoms with E-state index in [1.807, 2.05) is 18.2 Å². The van der Waals surface area contributed by atoms with Crippen LogP contribution in [0.25, 0.3) is 34.1 Å². The maximum Gasteiger partial charge on any atom is 0.134 e. The second-order valence-corrected chi connectivity index (χ2v) is 7.34. The van der Waals surface area contributed by atoms with Gasteiger partial charge in [-0.2, -0.15) is 0 Å². The molecule has 1 heterocycles. The quantitative estimate of drug-likeness (QED) is 0.317. The van der Waals surface area contributed by atoms with Crippen molar-refractivity contribution in [2.45, 2.75) is 13.8 Å². The van der Waals surface area contributed by atoms with E-state index in [-0.39, 0.29) is 26.2 Å². The first-order chi connectivity index (χ1) is 13.7. The summed E-state index contributed by atoms with van der Waals surface area (Å²) in [5, 5.41) is 0. The maximum atomic E-state index is 6.19. The van der Waals surface area contributed by atoms with Crippen molar-refractivity contribution in [2.24, 2.45) is 0 Å². The Hall–Kier alpha value is -2.44. The fourth-order valence-corrected chi connectivity index (χ4v) is 3.97. The van der Waals surface area contributed by atoms with Gasteiger partial charge in [-0.15, -0.1) is 0 Å². The van der Waals surface area contributed by atoms with Crippen molar-refractivity contribution in [3.63, 3.8) is 0 Å². The zero-order chi connectivity index (χ0) is 19.1. The molecule has 0 fully saturated rings. The minimum atomic E-state index is 0. The van der Waals surface area contributed by atoms with Crippen LogP contribution in [0.5, 0.6) is 0 Å². The van der Waals surface area contributed by atoms with Gasteiger partial charge in [-0.05, 0) is 65.4 Å². The molecule has 0 atom stereocenters. The van der Waals surface area contributed by atoms with E-state index < -0.39 is 0 Å². The van der Waals surface area contributed by atoms with Gasteiger partial charge in [0.15, 0.2) is 0 Å². The normalized spacial score (nSPS) is 12.3. The van der Waals surface area contributed by atoms with Gasteiger partial charge < -0.3 is 4.42 Å². The summed E-state index contributed by atoms with van der Waals surface area (Å²) in [7, 11) is 0. The van der Waals surface area contributed by atoms with E-state index >= 15 is 0 Å². The van der Waals surface area contributed by atoms with Gasteiger partial charge in [-0.3, -0.25) is 0 Å². The molecule has 1 aromatic heterocycles. The summed E-state index contributed by atoms with van der Waals surface area (Å²) in [6, 6.07) is 27.3. The largest absolute Gasteiger partial charge is 0.456 e. The summed E-state index contributed by atoms with van der Waals surface area (Å²) in [6.45, 7) is 4.40. The second kappa shape index (κ2) is 8.13. The molecule has 1 nitrogen and oxygen atoms in total. The van der Waals surface area contributed by atoms with Crippen LogP contribution in [0.4, 0.5) is 0 Å². The molecule has 0 aliphatic heterocycles. The summed E-state index contributed by atoms with van der Waals surface area (Å²) in [5.41, 5.74) is 9.98. The minimum Gasteiger partial charge on any atom is -0.456 e. The van der Waals surface area contributed by atoms with Crippen LogP contribution >= 0.6 is 0 Å². The topological polar surface area (TPSA) is 13.1 Å². The molecule has 1 aliphatic carbocycles. The van der Waals surface area contributed by atoms with Crippen LogP contribution in [-0.2, 0) is 26.2 Å². The molecule has 0 spiro atoms. The van der Waals surface area contributed by atoms with Gasteiger partial charge >= 0.3 is 0 Å². The Balaban J connectivity index is 0.00000205. The number of rotatable bonds is 3. The van der Waals surface area contributed by atoms with Crippen molar-refractivity contribution in [3.05, 3.63) is 113 Å². The summed E-state index contributed by atoms with van der Waals surface area (Å²) in [4.78, 5) is 0. The van der Waals surface area contributed by atoms with Gasteiger partial charge in [0.2, 0.25) is 0 Å². The monoisotopic (exact) mass is 451 g/mol. The van der Waals surface area contributed by atoms with Gasteiger partial charge in [0.05, 0.1) is 0 Å². The van der Waals surface area contributed by atoms with E-state index in [9.17, 15) is 0 Å². The van der Waals surface area contributed by atoms with Crippen molar-refractivity contribution in [1.29, 1.82) is 0 Å². The molecule has 0 amide bonds. The molecule has 5 rings (SSSR count). The number of furan rings is 1. The van der Waals surface area contributed by atoms with Crippen LogP contribution in [0.1, 0.15) is 28.0 Å². The molecule has 139 valence electrons. The average molecular weight is 453 g/mol. The van der Waals surface area contributed by atoms with E-state index in [0.717, 1.165) is 22.7 Å². The zero-order valence-electron chi connectivity index (χ0n) is 16.6. The summed E-state index contributed by atoms with van der Waals surface area (Å²) >= 11 is 0. The van der Waals surface area contributed by atoms with Gasteiger partial charge in [-0.25, -0.2) is 0 Å². The van der Waals surface area contributed by atoms with Crippen molar-refractivity contribution in [1.82, 2.24) is 0 Å². The summed E-state index contributed by atoms with van der Waals surface area (Å²) < 4.78 is 6.19. The van der Waals surface area contributed by atoms with Crippen LogP contribution < -0.4 is 0 Å². The second-order valence-electron chi connectivity index (χ2n) is 7.34. The van der Waals surface area contributed by atoms with Gasteiger partial charge in [0, 0.05) is 43.8 Å². The zero-order valence-corrected chi connectivity index (χ0v) is 19.0. The molecular formula is C27H21OZr. The molecule has 29 heavy (non-hydrogen) atoms. The van der Waals surface area contributed by atoms with Crippen LogP contribution in [-0.4, -0.2) is 0 Å². The first kappa shape index (κ1) is 19.9. The van der Waals surface area contributed by atoms with Gasteiger partial charge in [0.1, 0.15) is 11.5 Å². The molecule has 0 unspecified atom stereocenters. The van der Waals surface area contributed by atoms with E-state index in [2.05, 4.69) is 87.0 Å². The molecule has 0 saturated carbocycles. The smallest absolute Gasteiger partial charge is 0.134 e. The van der Waals surface area contributed by atoms with Crippen LogP contribution in [0, 0.1) is 20.3 Å². The average Bonchev–Trinajstić information content (AvgIpc) is 3.37. The molecule has 3 aromatic carbocycles. The fraction of sp³-hybridized carbons (Fsp3) is 0.0741.